The van der Waals surface area contributed by atoms with Crippen molar-refractivity contribution >= 4 is 0 Å². The van der Waals surface area contributed by atoms with Crippen molar-refractivity contribution in [1.29, 1.82) is 0 Å². The van der Waals surface area contributed by atoms with Crippen LogP contribution < -0.4 is 0 Å². The lowest BCUT2D eigenvalue weighted by atomic mass is 9.89. The van der Waals surface area contributed by atoms with Gasteiger partial charge in [0.2, 0.25) is 0 Å². The maximum absolute atomic E-state index is 12.4. The Labute approximate surface area is 102 Å². The molecule has 1 aromatic carbocycles. The predicted octanol–water partition coefficient (Wildman–Crippen LogP) is 2.89. The minimum atomic E-state index is -0.455. The van der Waals surface area contributed by atoms with Crippen LogP contribution in [0.15, 0.2) is 18.2 Å². The maximum atomic E-state index is 12.4. The molecule has 1 atom stereocenters. The van der Waals surface area contributed by atoms with Crippen LogP contribution in [0, 0.1) is 0 Å². The lowest BCUT2D eigenvalue weighted by Crippen LogP contribution is -2.41. The standard InChI is InChI=1S/C14H18NO2/c1-13(2)10-6-5-9(12-8-17-12)7-11(10)14(3,4)15(13)16/h5-7,12H,8H2,1-4H3. The molecule has 0 spiro atoms. The molecule has 2 aliphatic heterocycles. The molecule has 0 N–H and O–H groups in total. The molecule has 3 rings (SSSR count). The zero-order chi connectivity index (χ0) is 12.4. The van der Waals surface area contributed by atoms with E-state index in [-0.39, 0.29) is 6.10 Å². The monoisotopic (exact) mass is 232 g/mol. The molecule has 0 amide bonds. The molecule has 0 bridgehead atoms. The SMILES string of the molecule is CC1(C)c2ccc(C3CO3)cc2C(C)(C)N1[O]. The van der Waals surface area contributed by atoms with Crippen LogP contribution in [0.4, 0.5) is 0 Å². The van der Waals surface area contributed by atoms with E-state index >= 15 is 0 Å². The Morgan fingerprint density at radius 2 is 1.76 bits per heavy atom. The Hall–Kier alpha value is -0.900. The Bertz CT molecular complexity index is 475. The van der Waals surface area contributed by atoms with Crippen LogP contribution in [0.5, 0.6) is 0 Å². The van der Waals surface area contributed by atoms with E-state index in [1.165, 1.54) is 10.6 Å². The normalized spacial score (nSPS) is 29.1. The van der Waals surface area contributed by atoms with Crippen LogP contribution in [0.2, 0.25) is 0 Å². The van der Waals surface area contributed by atoms with Gasteiger partial charge in [-0.05, 0) is 44.4 Å². The Morgan fingerprint density at radius 3 is 2.35 bits per heavy atom. The molecule has 0 aliphatic carbocycles. The van der Waals surface area contributed by atoms with Gasteiger partial charge in [0.25, 0.3) is 0 Å². The molecule has 2 heterocycles. The first-order valence-electron chi connectivity index (χ1n) is 6.09. The van der Waals surface area contributed by atoms with Crippen LogP contribution in [-0.4, -0.2) is 11.7 Å². The summed E-state index contributed by atoms with van der Waals surface area (Å²) in [6, 6.07) is 6.33. The first-order valence-corrected chi connectivity index (χ1v) is 6.09. The predicted molar refractivity (Wildman–Crippen MR) is 63.7 cm³/mol. The number of benzene rings is 1. The van der Waals surface area contributed by atoms with E-state index in [1.807, 2.05) is 27.7 Å². The molecule has 3 heteroatoms. The fraction of sp³-hybridized carbons (Fsp3) is 0.571. The lowest BCUT2D eigenvalue weighted by Gasteiger charge is -2.32. The summed E-state index contributed by atoms with van der Waals surface area (Å²) in [5, 5.41) is 13.6. The summed E-state index contributed by atoms with van der Waals surface area (Å²) in [5.74, 6) is 0. The van der Waals surface area contributed by atoms with E-state index in [4.69, 9.17) is 4.74 Å². The van der Waals surface area contributed by atoms with Gasteiger partial charge in [-0.2, -0.15) is 0 Å². The molecule has 17 heavy (non-hydrogen) atoms. The highest BCUT2D eigenvalue weighted by Crippen LogP contribution is 2.49. The highest BCUT2D eigenvalue weighted by atomic mass is 16.6. The molecule has 1 aromatic rings. The molecule has 1 radical (unpaired) electrons. The summed E-state index contributed by atoms with van der Waals surface area (Å²) >= 11 is 0. The zero-order valence-electron chi connectivity index (χ0n) is 10.8. The second kappa shape index (κ2) is 3.10. The van der Waals surface area contributed by atoms with Crippen molar-refractivity contribution in [2.24, 2.45) is 0 Å². The van der Waals surface area contributed by atoms with Gasteiger partial charge in [0, 0.05) is 0 Å². The molecular formula is C14H18NO2. The Kier molecular flexibility index (Phi) is 2.05. The van der Waals surface area contributed by atoms with Gasteiger partial charge in [-0.1, -0.05) is 18.2 Å². The summed E-state index contributed by atoms with van der Waals surface area (Å²) in [6.45, 7) is 8.77. The Balaban J connectivity index is 2.17. The first-order chi connectivity index (χ1) is 7.85. The van der Waals surface area contributed by atoms with Crippen molar-refractivity contribution in [2.75, 3.05) is 6.61 Å². The zero-order valence-corrected chi connectivity index (χ0v) is 10.8. The van der Waals surface area contributed by atoms with E-state index in [1.54, 1.807) is 0 Å². The number of hydroxylamine groups is 2. The van der Waals surface area contributed by atoms with Crippen LogP contribution in [0.3, 0.4) is 0 Å². The molecule has 91 valence electrons. The number of fused-ring (bicyclic) bond motifs is 1. The third kappa shape index (κ3) is 1.39. The number of hydrogen-bond acceptors (Lipinski definition) is 2. The minimum Gasteiger partial charge on any atom is -0.368 e. The lowest BCUT2D eigenvalue weighted by molar-refractivity contribution is -0.266. The average molecular weight is 232 g/mol. The van der Waals surface area contributed by atoms with Crippen molar-refractivity contribution in [3.63, 3.8) is 0 Å². The van der Waals surface area contributed by atoms with Gasteiger partial charge in [-0.25, -0.2) is 0 Å². The molecule has 0 saturated carbocycles. The van der Waals surface area contributed by atoms with E-state index in [9.17, 15) is 5.21 Å². The van der Waals surface area contributed by atoms with Gasteiger partial charge in [0.1, 0.15) is 6.10 Å². The van der Waals surface area contributed by atoms with E-state index in [0.717, 1.165) is 17.7 Å². The number of nitrogens with zero attached hydrogens (tertiary/aromatic N) is 1. The largest absolute Gasteiger partial charge is 0.368 e. The van der Waals surface area contributed by atoms with Gasteiger partial charge < -0.3 is 4.74 Å². The van der Waals surface area contributed by atoms with Crippen LogP contribution in [-0.2, 0) is 21.0 Å². The third-order valence-corrected chi connectivity index (χ3v) is 4.08. The fourth-order valence-electron chi connectivity index (χ4n) is 2.96. The second-order valence-electron chi connectivity index (χ2n) is 6.04. The van der Waals surface area contributed by atoms with Crippen molar-refractivity contribution in [3.05, 3.63) is 34.9 Å². The van der Waals surface area contributed by atoms with Crippen molar-refractivity contribution in [1.82, 2.24) is 5.06 Å². The van der Waals surface area contributed by atoms with E-state index in [2.05, 4.69) is 18.2 Å². The molecule has 1 saturated heterocycles. The second-order valence-corrected chi connectivity index (χ2v) is 6.04. The van der Waals surface area contributed by atoms with Gasteiger partial charge in [-0.15, -0.1) is 10.3 Å². The molecule has 1 unspecified atom stereocenters. The number of ether oxygens (including phenoxy) is 1. The quantitative estimate of drug-likeness (QED) is 0.698. The van der Waals surface area contributed by atoms with Crippen LogP contribution >= 0.6 is 0 Å². The molecule has 0 aromatic heterocycles. The number of hydrogen-bond donors (Lipinski definition) is 0. The summed E-state index contributed by atoms with van der Waals surface area (Å²) in [7, 11) is 0. The van der Waals surface area contributed by atoms with Gasteiger partial charge in [0.15, 0.2) is 0 Å². The molecular weight excluding hydrogens is 214 g/mol. The summed E-state index contributed by atoms with van der Waals surface area (Å²) in [4.78, 5) is 0. The summed E-state index contributed by atoms with van der Waals surface area (Å²) in [5.41, 5.74) is 2.58. The molecule has 3 nitrogen and oxygen atoms in total. The highest BCUT2D eigenvalue weighted by molar-refractivity contribution is 5.45. The van der Waals surface area contributed by atoms with E-state index < -0.39 is 11.1 Å². The summed E-state index contributed by atoms with van der Waals surface area (Å²) in [6.07, 6.45) is 0.250. The van der Waals surface area contributed by atoms with Gasteiger partial charge >= 0.3 is 0 Å². The average Bonchev–Trinajstić information content (AvgIpc) is 3.08. The van der Waals surface area contributed by atoms with Crippen LogP contribution in [0.25, 0.3) is 0 Å². The smallest absolute Gasteiger partial charge is 0.106 e. The fourth-order valence-corrected chi connectivity index (χ4v) is 2.96. The molecule has 1 fully saturated rings. The van der Waals surface area contributed by atoms with Crippen LogP contribution in [0.1, 0.15) is 50.5 Å². The van der Waals surface area contributed by atoms with Gasteiger partial charge in [-0.3, -0.25) is 0 Å². The number of epoxide rings is 1. The highest BCUT2D eigenvalue weighted by Gasteiger charge is 2.50. The Morgan fingerprint density at radius 1 is 1.18 bits per heavy atom. The topological polar surface area (TPSA) is 35.7 Å². The minimum absolute atomic E-state index is 0.250. The molecule has 2 aliphatic rings. The summed E-state index contributed by atoms with van der Waals surface area (Å²) < 4.78 is 5.31. The van der Waals surface area contributed by atoms with Crippen molar-refractivity contribution in [3.8, 4) is 0 Å². The van der Waals surface area contributed by atoms with E-state index in [0.29, 0.717) is 0 Å². The number of rotatable bonds is 1. The maximum Gasteiger partial charge on any atom is 0.106 e. The first kappa shape index (κ1) is 11.2. The van der Waals surface area contributed by atoms with Gasteiger partial charge in [0.05, 0.1) is 17.7 Å². The van der Waals surface area contributed by atoms with Crippen molar-refractivity contribution in [2.45, 2.75) is 44.9 Å². The third-order valence-electron chi connectivity index (χ3n) is 4.08. The van der Waals surface area contributed by atoms with Crippen molar-refractivity contribution < 1.29 is 9.94 Å².